The molecule has 1 amide bonds. The van der Waals surface area contributed by atoms with Crippen molar-refractivity contribution >= 4 is 5.91 Å². The number of rotatable bonds is 5. The van der Waals surface area contributed by atoms with E-state index in [0.717, 1.165) is 37.2 Å². The maximum Gasteiger partial charge on any atom is 0.269 e. The maximum atomic E-state index is 13.5. The van der Waals surface area contributed by atoms with Crippen LogP contribution in [0.2, 0.25) is 0 Å². The highest BCUT2D eigenvalue weighted by Crippen LogP contribution is 2.29. The van der Waals surface area contributed by atoms with Gasteiger partial charge >= 0.3 is 0 Å². The van der Waals surface area contributed by atoms with E-state index < -0.39 is 5.91 Å². The largest absolute Gasteiger partial charge is 0.496 e. The molecule has 1 saturated heterocycles. The predicted molar refractivity (Wildman–Crippen MR) is 87.3 cm³/mol. The molecule has 1 fully saturated rings. The summed E-state index contributed by atoms with van der Waals surface area (Å²) in [6, 6.07) is 6.29. The lowest BCUT2D eigenvalue weighted by Gasteiger charge is -2.32. The number of nitrogens with two attached hydrogens (primary N) is 1. The standard InChI is InChI=1S/C17H21FN4O2/c1-24-16-5-4-13(18)7-12(16)10-22-6-2-3-11(9-22)14-8-15(17(19)23)21-20-14/h4-5,7-8,11H,2-3,6,9-10H2,1H3,(H2,19,23)(H,20,21)/t11-/m1/s1. The molecule has 1 aromatic heterocycles. The third-order valence-corrected chi connectivity index (χ3v) is 4.43. The average molecular weight is 332 g/mol. The minimum absolute atomic E-state index is 0.249. The van der Waals surface area contributed by atoms with E-state index in [9.17, 15) is 9.18 Å². The van der Waals surface area contributed by atoms with Gasteiger partial charge in [0, 0.05) is 30.3 Å². The number of amides is 1. The number of nitrogens with one attached hydrogen (secondary N) is 1. The molecule has 1 aliphatic heterocycles. The fourth-order valence-electron chi connectivity index (χ4n) is 3.24. The van der Waals surface area contributed by atoms with Gasteiger partial charge in [-0.1, -0.05) is 0 Å². The number of aromatic nitrogens is 2. The van der Waals surface area contributed by atoms with E-state index in [2.05, 4.69) is 15.1 Å². The lowest BCUT2D eigenvalue weighted by Crippen LogP contribution is -2.34. The summed E-state index contributed by atoms with van der Waals surface area (Å²) in [6.45, 7) is 2.36. The molecule has 24 heavy (non-hydrogen) atoms. The number of carbonyl (C=O) groups excluding carboxylic acids is 1. The van der Waals surface area contributed by atoms with E-state index in [1.54, 1.807) is 19.2 Å². The van der Waals surface area contributed by atoms with E-state index in [4.69, 9.17) is 10.5 Å². The number of nitrogens with zero attached hydrogens (tertiary/aromatic N) is 2. The van der Waals surface area contributed by atoms with Crippen LogP contribution in [0.15, 0.2) is 24.3 Å². The van der Waals surface area contributed by atoms with Crippen molar-refractivity contribution in [3.05, 3.63) is 47.0 Å². The second-order valence-corrected chi connectivity index (χ2v) is 6.10. The summed E-state index contributed by atoms with van der Waals surface area (Å²) in [5.74, 6) is 0.142. The Labute approximate surface area is 139 Å². The minimum atomic E-state index is -0.533. The summed E-state index contributed by atoms with van der Waals surface area (Å²) < 4.78 is 18.8. The SMILES string of the molecule is COc1ccc(F)cc1CN1CCC[C@@H](c2cc(C(N)=O)n[nH]2)C1. The monoisotopic (exact) mass is 332 g/mol. The Morgan fingerprint density at radius 2 is 2.33 bits per heavy atom. The van der Waals surface area contributed by atoms with E-state index in [1.165, 1.54) is 12.1 Å². The smallest absolute Gasteiger partial charge is 0.269 e. The van der Waals surface area contributed by atoms with E-state index >= 15 is 0 Å². The van der Waals surface area contributed by atoms with Crippen LogP contribution in [0, 0.1) is 5.82 Å². The number of piperidine rings is 1. The number of carbonyl (C=O) groups is 1. The van der Waals surface area contributed by atoms with Crippen LogP contribution in [-0.4, -0.2) is 41.2 Å². The Morgan fingerprint density at radius 1 is 1.50 bits per heavy atom. The van der Waals surface area contributed by atoms with Gasteiger partial charge in [0.2, 0.25) is 0 Å². The van der Waals surface area contributed by atoms with Crippen LogP contribution in [0.1, 0.15) is 40.5 Å². The van der Waals surface area contributed by atoms with Gasteiger partial charge in [-0.15, -0.1) is 0 Å². The Kier molecular flexibility index (Phi) is 4.80. The zero-order valence-electron chi connectivity index (χ0n) is 13.6. The first-order valence-corrected chi connectivity index (χ1v) is 7.96. The molecule has 0 saturated carbocycles. The zero-order chi connectivity index (χ0) is 17.1. The molecule has 0 bridgehead atoms. The van der Waals surface area contributed by atoms with Crippen molar-refractivity contribution in [3.8, 4) is 5.75 Å². The third-order valence-electron chi connectivity index (χ3n) is 4.43. The molecule has 6 nitrogen and oxygen atoms in total. The van der Waals surface area contributed by atoms with Crippen molar-refractivity contribution in [2.75, 3.05) is 20.2 Å². The number of benzene rings is 1. The lowest BCUT2D eigenvalue weighted by molar-refractivity contribution is 0.0995. The van der Waals surface area contributed by atoms with Gasteiger partial charge in [0.1, 0.15) is 17.3 Å². The highest BCUT2D eigenvalue weighted by Gasteiger charge is 2.24. The molecule has 3 rings (SSSR count). The quantitative estimate of drug-likeness (QED) is 0.877. The molecule has 128 valence electrons. The summed E-state index contributed by atoms with van der Waals surface area (Å²) in [5, 5.41) is 6.86. The zero-order valence-corrected chi connectivity index (χ0v) is 13.6. The van der Waals surface area contributed by atoms with Crippen molar-refractivity contribution < 1.29 is 13.9 Å². The number of halogens is 1. The van der Waals surface area contributed by atoms with E-state index in [0.29, 0.717) is 12.3 Å². The summed E-state index contributed by atoms with van der Waals surface area (Å²) in [7, 11) is 1.59. The molecule has 3 N–H and O–H groups in total. The van der Waals surface area contributed by atoms with Gasteiger partial charge in [-0.05, 0) is 43.7 Å². The number of ether oxygens (including phenoxy) is 1. The second-order valence-electron chi connectivity index (χ2n) is 6.10. The number of aromatic amines is 1. The molecule has 1 aromatic carbocycles. The van der Waals surface area contributed by atoms with Crippen molar-refractivity contribution in [1.29, 1.82) is 0 Å². The first-order chi connectivity index (χ1) is 11.6. The lowest BCUT2D eigenvalue weighted by atomic mass is 9.94. The van der Waals surface area contributed by atoms with Crippen LogP contribution in [0.4, 0.5) is 4.39 Å². The number of hydrogen-bond acceptors (Lipinski definition) is 4. The topological polar surface area (TPSA) is 84.2 Å². The molecular weight excluding hydrogens is 311 g/mol. The fraction of sp³-hybridized carbons (Fsp3) is 0.412. The van der Waals surface area contributed by atoms with Gasteiger partial charge in [-0.2, -0.15) is 5.10 Å². The molecular formula is C17H21FN4O2. The Balaban J connectivity index is 1.71. The molecule has 7 heteroatoms. The number of primary amides is 1. The number of likely N-dealkylation sites (tertiary alicyclic amines) is 1. The van der Waals surface area contributed by atoms with Gasteiger partial charge in [-0.3, -0.25) is 14.8 Å². The van der Waals surface area contributed by atoms with Crippen LogP contribution in [-0.2, 0) is 6.54 Å². The Hall–Kier alpha value is -2.41. The fourth-order valence-corrected chi connectivity index (χ4v) is 3.24. The van der Waals surface area contributed by atoms with Gasteiger partial charge in [0.15, 0.2) is 0 Å². The molecule has 0 unspecified atom stereocenters. The van der Waals surface area contributed by atoms with Crippen molar-refractivity contribution in [3.63, 3.8) is 0 Å². The first kappa shape index (κ1) is 16.4. The summed E-state index contributed by atoms with van der Waals surface area (Å²) >= 11 is 0. The summed E-state index contributed by atoms with van der Waals surface area (Å²) in [5.41, 5.74) is 7.26. The average Bonchev–Trinajstić information content (AvgIpc) is 3.06. The highest BCUT2D eigenvalue weighted by atomic mass is 19.1. The van der Waals surface area contributed by atoms with Crippen LogP contribution in [0.3, 0.4) is 0 Å². The molecule has 0 spiro atoms. The Morgan fingerprint density at radius 3 is 3.04 bits per heavy atom. The van der Waals surface area contributed by atoms with Gasteiger partial charge in [-0.25, -0.2) is 4.39 Å². The Bertz CT molecular complexity index is 731. The van der Waals surface area contributed by atoms with Crippen molar-refractivity contribution in [2.45, 2.75) is 25.3 Å². The van der Waals surface area contributed by atoms with Crippen molar-refractivity contribution in [1.82, 2.24) is 15.1 Å². The van der Waals surface area contributed by atoms with Crippen LogP contribution < -0.4 is 10.5 Å². The highest BCUT2D eigenvalue weighted by molar-refractivity contribution is 5.90. The molecule has 2 aromatic rings. The van der Waals surface area contributed by atoms with Crippen LogP contribution in [0.25, 0.3) is 0 Å². The maximum absolute atomic E-state index is 13.5. The first-order valence-electron chi connectivity index (χ1n) is 7.96. The number of H-pyrrole nitrogens is 1. The summed E-state index contributed by atoms with van der Waals surface area (Å²) in [4.78, 5) is 13.4. The number of hydrogen-bond donors (Lipinski definition) is 2. The van der Waals surface area contributed by atoms with Crippen molar-refractivity contribution in [2.24, 2.45) is 5.73 Å². The molecule has 0 radical (unpaired) electrons. The molecule has 1 aliphatic rings. The van der Waals surface area contributed by atoms with E-state index in [-0.39, 0.29) is 17.4 Å². The molecule has 1 atom stereocenters. The van der Waals surface area contributed by atoms with Crippen LogP contribution >= 0.6 is 0 Å². The van der Waals surface area contributed by atoms with E-state index in [1.807, 2.05) is 0 Å². The van der Waals surface area contributed by atoms with Crippen LogP contribution in [0.5, 0.6) is 5.75 Å². The second kappa shape index (κ2) is 7.00. The normalized spacial score (nSPS) is 18.5. The van der Waals surface area contributed by atoms with Gasteiger partial charge in [0.05, 0.1) is 7.11 Å². The number of methoxy groups -OCH3 is 1. The van der Waals surface area contributed by atoms with Gasteiger partial charge < -0.3 is 10.5 Å². The predicted octanol–water partition coefficient (Wildman–Crippen LogP) is 2.04. The minimum Gasteiger partial charge on any atom is -0.496 e. The van der Waals surface area contributed by atoms with Gasteiger partial charge in [0.25, 0.3) is 5.91 Å². The molecule has 2 heterocycles. The summed E-state index contributed by atoms with van der Waals surface area (Å²) in [6.07, 6.45) is 2.03. The molecule has 0 aliphatic carbocycles. The third kappa shape index (κ3) is 3.56.